The number of aryl methyl sites for hydroxylation is 1. The molecule has 3 rings (SSSR count). The van der Waals surface area contributed by atoms with Crippen molar-refractivity contribution in [2.45, 2.75) is 53.0 Å². The Hall–Kier alpha value is -3.21. The highest BCUT2D eigenvalue weighted by Gasteiger charge is 2.07. The zero-order valence-electron chi connectivity index (χ0n) is 19.3. The molecule has 5 heteroatoms. The Bertz CT molecular complexity index is 1130. The Kier molecular flexibility index (Phi) is 8.37. The molecule has 2 heterocycles. The van der Waals surface area contributed by atoms with E-state index in [-0.39, 0.29) is 11.4 Å². The predicted molar refractivity (Wildman–Crippen MR) is 131 cm³/mol. The van der Waals surface area contributed by atoms with Gasteiger partial charge in [0.15, 0.2) is 12.4 Å². The second-order valence-electron chi connectivity index (χ2n) is 8.10. The number of benzene rings is 1. The average Bonchev–Trinajstić information content (AvgIpc) is 2.79. The lowest BCUT2D eigenvalue weighted by Crippen LogP contribution is -2.32. The van der Waals surface area contributed by atoms with Gasteiger partial charge >= 0.3 is 5.63 Å². The summed E-state index contributed by atoms with van der Waals surface area (Å²) in [5.74, 6) is 0.263. The maximum Gasteiger partial charge on any atom is 0.343 e. The Morgan fingerprint density at radius 3 is 2.44 bits per heavy atom. The molecule has 0 aliphatic rings. The molecule has 0 saturated heterocycles. The number of Topliss-reactive ketones (excluding diaryl/α,β-unsaturated/α-hetero) is 1. The summed E-state index contributed by atoms with van der Waals surface area (Å²) in [4.78, 5) is 25.7. The van der Waals surface area contributed by atoms with Crippen LogP contribution in [-0.4, -0.2) is 18.9 Å². The molecule has 0 unspecified atom stereocenters. The average molecular weight is 434 g/mol. The highest BCUT2D eigenvalue weighted by Crippen LogP contribution is 2.22. The number of hydrogen-bond donors (Lipinski definition) is 0. The molecule has 3 aromatic rings. The van der Waals surface area contributed by atoms with Gasteiger partial charge in [-0.1, -0.05) is 6.08 Å². The second kappa shape index (κ2) is 11.4. The van der Waals surface area contributed by atoms with E-state index in [0.717, 1.165) is 55.5 Å². The van der Waals surface area contributed by atoms with E-state index < -0.39 is 0 Å². The lowest BCUT2D eigenvalue weighted by Gasteiger charge is -2.20. The van der Waals surface area contributed by atoms with Crippen molar-refractivity contribution in [1.29, 1.82) is 0 Å². The van der Waals surface area contributed by atoms with E-state index in [9.17, 15) is 9.59 Å². The molecule has 0 radical (unpaired) electrons. The van der Waals surface area contributed by atoms with Crippen LogP contribution in [0.1, 0.15) is 57.6 Å². The van der Waals surface area contributed by atoms with Crippen LogP contribution in [0.15, 0.2) is 58.0 Å². The van der Waals surface area contributed by atoms with Crippen LogP contribution in [0.25, 0.3) is 23.1 Å². The van der Waals surface area contributed by atoms with Crippen LogP contribution in [0.2, 0.25) is 0 Å². The first-order valence-corrected chi connectivity index (χ1v) is 11.5. The molecule has 0 fully saturated rings. The third-order valence-corrected chi connectivity index (χ3v) is 5.69. The number of carbonyl (C=O) groups excluding carboxylic acids is 1. The van der Waals surface area contributed by atoms with Gasteiger partial charge in [-0.2, -0.15) is 0 Å². The minimum Gasteiger partial charge on any atom is -0.422 e. The molecule has 2 aromatic heterocycles. The fraction of sp³-hybridized carbons (Fsp3) is 0.370. The Balaban J connectivity index is 1.66. The van der Waals surface area contributed by atoms with Gasteiger partial charge in [-0.3, -0.25) is 0 Å². The molecule has 0 saturated carbocycles. The Morgan fingerprint density at radius 2 is 1.75 bits per heavy atom. The van der Waals surface area contributed by atoms with Crippen molar-refractivity contribution < 1.29 is 13.8 Å². The lowest BCUT2D eigenvalue weighted by molar-refractivity contribution is -0.697. The van der Waals surface area contributed by atoms with Crippen molar-refractivity contribution in [2.75, 3.05) is 18.0 Å². The molecule has 168 valence electrons. The van der Waals surface area contributed by atoms with Crippen LogP contribution >= 0.6 is 0 Å². The smallest absolute Gasteiger partial charge is 0.343 e. The van der Waals surface area contributed by atoms with Crippen LogP contribution in [0, 0.1) is 0 Å². The van der Waals surface area contributed by atoms with Gasteiger partial charge in [-0.05, 0) is 63.5 Å². The van der Waals surface area contributed by atoms with Crippen LogP contribution in [0.4, 0.5) is 5.69 Å². The summed E-state index contributed by atoms with van der Waals surface area (Å²) >= 11 is 0. The van der Waals surface area contributed by atoms with Gasteiger partial charge in [0.2, 0.25) is 0 Å². The standard InChI is InChI=1S/C27H33N2O3/c1-4-29(5-2)25-13-12-23-19-24(27(31)32-26(23)20-25)11-10-22-14-17-28(18-15-22)16-8-6-7-9-21(3)30/h10-15,17-20H,4-9,16H2,1-3H3/q+1. The van der Waals surface area contributed by atoms with E-state index in [1.54, 1.807) is 6.92 Å². The summed E-state index contributed by atoms with van der Waals surface area (Å²) in [7, 11) is 0. The van der Waals surface area contributed by atoms with E-state index in [4.69, 9.17) is 4.42 Å². The number of rotatable bonds is 11. The second-order valence-corrected chi connectivity index (χ2v) is 8.10. The fourth-order valence-electron chi connectivity index (χ4n) is 3.78. The van der Waals surface area contributed by atoms with Crippen molar-refractivity contribution >= 4 is 34.6 Å². The summed E-state index contributed by atoms with van der Waals surface area (Å²) in [6, 6.07) is 12.0. The highest BCUT2D eigenvalue weighted by atomic mass is 16.4. The zero-order valence-corrected chi connectivity index (χ0v) is 19.3. The van der Waals surface area contributed by atoms with Crippen molar-refractivity contribution in [3.05, 3.63) is 70.3 Å². The van der Waals surface area contributed by atoms with Crippen LogP contribution < -0.4 is 15.1 Å². The molecular formula is C27H33N2O3+. The van der Waals surface area contributed by atoms with Crippen LogP contribution in [-0.2, 0) is 11.3 Å². The monoisotopic (exact) mass is 433 g/mol. The first-order chi connectivity index (χ1) is 15.5. The maximum absolute atomic E-state index is 12.5. The van der Waals surface area contributed by atoms with Gasteiger partial charge in [0.25, 0.3) is 0 Å². The van der Waals surface area contributed by atoms with Crippen molar-refractivity contribution in [3.8, 4) is 0 Å². The number of unbranched alkanes of at least 4 members (excludes halogenated alkanes) is 2. The van der Waals surface area contributed by atoms with E-state index in [0.29, 0.717) is 17.6 Å². The number of anilines is 1. The van der Waals surface area contributed by atoms with Crippen LogP contribution in [0.3, 0.4) is 0 Å². The number of pyridine rings is 1. The number of hydrogen-bond acceptors (Lipinski definition) is 4. The number of ketones is 1. The molecule has 0 spiro atoms. The molecule has 1 aromatic carbocycles. The van der Waals surface area contributed by atoms with Crippen molar-refractivity contribution in [1.82, 2.24) is 0 Å². The van der Waals surface area contributed by atoms with Gasteiger partial charge in [0, 0.05) is 55.2 Å². The lowest BCUT2D eigenvalue weighted by atomic mass is 10.1. The highest BCUT2D eigenvalue weighted by molar-refractivity contribution is 5.83. The van der Waals surface area contributed by atoms with Gasteiger partial charge in [-0.15, -0.1) is 0 Å². The summed E-state index contributed by atoms with van der Waals surface area (Å²) < 4.78 is 7.74. The predicted octanol–water partition coefficient (Wildman–Crippen LogP) is 5.25. The molecule has 0 bridgehead atoms. The maximum atomic E-state index is 12.5. The third kappa shape index (κ3) is 6.39. The molecule has 0 aliphatic heterocycles. The molecule has 0 aliphatic carbocycles. The summed E-state index contributed by atoms with van der Waals surface area (Å²) in [5.41, 5.74) is 2.90. The fourth-order valence-corrected chi connectivity index (χ4v) is 3.78. The van der Waals surface area contributed by atoms with Crippen LogP contribution in [0.5, 0.6) is 0 Å². The number of fused-ring (bicyclic) bond motifs is 1. The van der Waals surface area contributed by atoms with E-state index >= 15 is 0 Å². The third-order valence-electron chi connectivity index (χ3n) is 5.69. The number of carbonyl (C=O) groups is 1. The van der Waals surface area contributed by atoms with Crippen molar-refractivity contribution in [3.63, 3.8) is 0 Å². The minimum absolute atomic E-state index is 0.263. The minimum atomic E-state index is -0.331. The topological polar surface area (TPSA) is 54.4 Å². The SMILES string of the molecule is CCN(CC)c1ccc2cc(/C=C/c3cc[n+](CCCCCC(C)=O)cc3)c(=O)oc2c1. The Morgan fingerprint density at radius 1 is 1.00 bits per heavy atom. The zero-order chi connectivity index (χ0) is 22.9. The van der Waals surface area contributed by atoms with Crippen molar-refractivity contribution in [2.24, 2.45) is 0 Å². The quantitative estimate of drug-likeness (QED) is 0.236. The van der Waals surface area contributed by atoms with Gasteiger partial charge in [0.1, 0.15) is 17.9 Å². The summed E-state index contributed by atoms with van der Waals surface area (Å²) in [6.45, 7) is 8.62. The largest absolute Gasteiger partial charge is 0.422 e. The first-order valence-electron chi connectivity index (χ1n) is 11.5. The molecule has 5 nitrogen and oxygen atoms in total. The molecule has 0 N–H and O–H groups in total. The molecule has 0 atom stereocenters. The summed E-state index contributed by atoms with van der Waals surface area (Å²) in [5, 5.41) is 0.913. The molecule has 32 heavy (non-hydrogen) atoms. The Labute approximate surface area is 190 Å². The van der Waals surface area contributed by atoms with Gasteiger partial charge in [-0.25, -0.2) is 9.36 Å². The van der Waals surface area contributed by atoms with E-state index in [1.165, 1.54) is 0 Å². The summed E-state index contributed by atoms with van der Waals surface area (Å²) in [6.07, 6.45) is 11.6. The molecule has 0 amide bonds. The van der Waals surface area contributed by atoms with Gasteiger partial charge < -0.3 is 14.1 Å². The van der Waals surface area contributed by atoms with Gasteiger partial charge in [0.05, 0.1) is 5.56 Å². The number of nitrogens with zero attached hydrogens (tertiary/aromatic N) is 2. The first kappa shape index (κ1) is 23.5. The molecular weight excluding hydrogens is 400 g/mol. The van der Waals surface area contributed by atoms with E-state index in [1.807, 2.05) is 54.9 Å². The van der Waals surface area contributed by atoms with E-state index in [2.05, 4.69) is 29.4 Å². The number of aromatic nitrogens is 1. The normalized spacial score (nSPS) is 11.3.